The molecule has 0 aromatic rings. The molecule has 0 aliphatic carbocycles. The first kappa shape index (κ1) is 63.7. The van der Waals surface area contributed by atoms with Crippen LogP contribution < -0.4 is 0 Å². The molecule has 3 N–H and O–H groups in total. The summed E-state index contributed by atoms with van der Waals surface area (Å²) >= 11 is 0. The lowest BCUT2D eigenvalue weighted by atomic mass is 9.98. The summed E-state index contributed by atoms with van der Waals surface area (Å²) in [6.45, 7) is 5.84. The molecule has 0 aromatic carbocycles. The predicted octanol–water partition coefficient (Wildman–Crippen LogP) is 13.4. The van der Waals surface area contributed by atoms with Crippen LogP contribution >= 0.6 is 0 Å². The Labute approximate surface area is 418 Å². The largest absolute Gasteiger partial charge is 0.479 e. The summed E-state index contributed by atoms with van der Waals surface area (Å²) in [5.74, 6) is -3.14. The summed E-state index contributed by atoms with van der Waals surface area (Å²) < 4.78 is 28.3. The summed E-state index contributed by atoms with van der Waals surface area (Å²) in [5.41, 5.74) is 0. The van der Waals surface area contributed by atoms with Crippen LogP contribution in [0.25, 0.3) is 0 Å². The van der Waals surface area contributed by atoms with E-state index in [1.54, 1.807) is 0 Å². The average molecular weight is 975 g/mol. The normalized spacial score (nSPS) is 19.0. The second-order valence-electron chi connectivity index (χ2n) is 18.9. The molecule has 1 rings (SSSR count). The number of hydrogen-bond donors (Lipinski definition) is 3. The Kier molecular flexibility index (Phi) is 42.3. The molecule has 0 amide bonds. The van der Waals surface area contributed by atoms with Crippen LogP contribution in [0.1, 0.15) is 239 Å². The Bertz CT molecular complexity index is 1390. The maximum absolute atomic E-state index is 13.1. The zero-order chi connectivity index (χ0) is 50.4. The van der Waals surface area contributed by atoms with Gasteiger partial charge in [-0.2, -0.15) is 0 Å². The number of aliphatic carboxylic acids is 1. The van der Waals surface area contributed by atoms with Gasteiger partial charge in [-0.3, -0.25) is 14.4 Å². The Morgan fingerprint density at radius 1 is 0.478 bits per heavy atom. The fourth-order valence-electron chi connectivity index (χ4n) is 8.08. The number of carbonyl (C=O) groups excluding carboxylic acids is 3. The van der Waals surface area contributed by atoms with Crippen LogP contribution in [0, 0.1) is 0 Å². The summed E-state index contributed by atoms with van der Waals surface area (Å²) in [5, 5.41) is 31.3. The maximum atomic E-state index is 13.1. The molecule has 12 heteroatoms. The number of ether oxygens (including phenoxy) is 5. The van der Waals surface area contributed by atoms with E-state index in [9.17, 15) is 34.5 Å². The molecule has 1 aliphatic rings. The monoisotopic (exact) mass is 975 g/mol. The third-order valence-corrected chi connectivity index (χ3v) is 12.4. The third kappa shape index (κ3) is 36.3. The number of esters is 3. The Balaban J connectivity index is 2.70. The van der Waals surface area contributed by atoms with E-state index >= 15 is 0 Å². The highest BCUT2D eigenvalue weighted by Crippen LogP contribution is 2.26. The number of carboxylic acids is 1. The SMILES string of the molecule is CCC/C=C\C/C=C\CCCCCCCC(=O)OC(COC(=O)CCCCCCCCC/C=C\C/C=C\CCCCC)COC1OC(C(=O)O)C(O)C(O)C1OC(=O)CCCCCCCCCCC. The lowest BCUT2D eigenvalue weighted by Gasteiger charge is -2.40. The second-order valence-corrected chi connectivity index (χ2v) is 18.9. The van der Waals surface area contributed by atoms with Crippen molar-refractivity contribution in [2.24, 2.45) is 0 Å². The molecular formula is C57H98O12. The van der Waals surface area contributed by atoms with Crippen molar-refractivity contribution in [1.29, 1.82) is 0 Å². The van der Waals surface area contributed by atoms with Crippen LogP contribution in [0.3, 0.4) is 0 Å². The summed E-state index contributed by atoms with van der Waals surface area (Å²) in [6.07, 6.45) is 41.0. The summed E-state index contributed by atoms with van der Waals surface area (Å²) in [4.78, 5) is 50.8. The minimum absolute atomic E-state index is 0.0596. The molecule has 1 saturated heterocycles. The van der Waals surface area contributed by atoms with E-state index < -0.39 is 67.3 Å². The molecule has 1 aliphatic heterocycles. The fourth-order valence-corrected chi connectivity index (χ4v) is 8.08. The highest BCUT2D eigenvalue weighted by Gasteiger charge is 2.50. The van der Waals surface area contributed by atoms with Gasteiger partial charge in [-0.05, 0) is 77.0 Å². The fraction of sp³-hybridized carbons (Fsp3) is 0.789. The molecule has 0 spiro atoms. The van der Waals surface area contributed by atoms with E-state index in [0.717, 1.165) is 116 Å². The quantitative estimate of drug-likeness (QED) is 0.0228. The van der Waals surface area contributed by atoms with Gasteiger partial charge in [0, 0.05) is 19.3 Å². The van der Waals surface area contributed by atoms with Crippen molar-refractivity contribution in [2.45, 2.75) is 276 Å². The highest BCUT2D eigenvalue weighted by molar-refractivity contribution is 5.74. The number of unbranched alkanes of at least 4 members (excludes halogenated alkanes) is 24. The summed E-state index contributed by atoms with van der Waals surface area (Å²) in [6, 6.07) is 0. The lowest BCUT2D eigenvalue weighted by Crippen LogP contribution is -2.61. The van der Waals surface area contributed by atoms with E-state index in [-0.39, 0.29) is 25.9 Å². The number of aliphatic hydroxyl groups excluding tert-OH is 2. The van der Waals surface area contributed by atoms with Gasteiger partial charge < -0.3 is 39.0 Å². The van der Waals surface area contributed by atoms with Gasteiger partial charge in [-0.15, -0.1) is 0 Å². The lowest BCUT2D eigenvalue weighted by molar-refractivity contribution is -0.301. The first-order valence-corrected chi connectivity index (χ1v) is 27.6. The zero-order valence-corrected chi connectivity index (χ0v) is 43.6. The minimum Gasteiger partial charge on any atom is -0.479 e. The van der Waals surface area contributed by atoms with Crippen molar-refractivity contribution in [3.05, 3.63) is 48.6 Å². The third-order valence-electron chi connectivity index (χ3n) is 12.4. The molecule has 1 fully saturated rings. The second kappa shape index (κ2) is 45.8. The Morgan fingerprint density at radius 2 is 0.899 bits per heavy atom. The van der Waals surface area contributed by atoms with Gasteiger partial charge in [-0.1, -0.05) is 191 Å². The smallest absolute Gasteiger partial charge is 0.335 e. The number of aliphatic hydroxyl groups is 2. The number of rotatable bonds is 46. The van der Waals surface area contributed by atoms with Crippen LogP contribution in [0.5, 0.6) is 0 Å². The average Bonchev–Trinajstić information content (AvgIpc) is 3.33. The van der Waals surface area contributed by atoms with Gasteiger partial charge >= 0.3 is 23.9 Å². The van der Waals surface area contributed by atoms with Gasteiger partial charge in [0.05, 0.1) is 6.61 Å². The molecule has 398 valence electrons. The van der Waals surface area contributed by atoms with Gasteiger partial charge in [0.15, 0.2) is 24.6 Å². The van der Waals surface area contributed by atoms with Gasteiger partial charge in [0.2, 0.25) is 0 Å². The van der Waals surface area contributed by atoms with Crippen LogP contribution in [0.4, 0.5) is 0 Å². The van der Waals surface area contributed by atoms with Crippen LogP contribution in [-0.4, -0.2) is 89.2 Å². The van der Waals surface area contributed by atoms with Crippen molar-refractivity contribution < 1.29 is 58.2 Å². The van der Waals surface area contributed by atoms with Crippen LogP contribution in [0.2, 0.25) is 0 Å². The van der Waals surface area contributed by atoms with E-state index in [1.165, 1.54) is 64.2 Å². The number of carboxylic acid groups (broad SMARTS) is 1. The summed E-state index contributed by atoms with van der Waals surface area (Å²) in [7, 11) is 0. The molecule has 6 atom stereocenters. The molecule has 69 heavy (non-hydrogen) atoms. The zero-order valence-electron chi connectivity index (χ0n) is 43.6. The van der Waals surface area contributed by atoms with Crippen molar-refractivity contribution in [2.75, 3.05) is 13.2 Å². The van der Waals surface area contributed by atoms with Crippen molar-refractivity contribution in [1.82, 2.24) is 0 Å². The Morgan fingerprint density at radius 3 is 1.39 bits per heavy atom. The minimum atomic E-state index is -1.90. The van der Waals surface area contributed by atoms with E-state index in [2.05, 4.69) is 69.4 Å². The molecule has 0 aromatic heterocycles. The van der Waals surface area contributed by atoms with Crippen LogP contribution in [-0.2, 0) is 42.9 Å². The number of allylic oxidation sites excluding steroid dienone is 8. The molecule has 0 saturated carbocycles. The van der Waals surface area contributed by atoms with Gasteiger partial charge in [-0.25, -0.2) is 4.79 Å². The van der Waals surface area contributed by atoms with Gasteiger partial charge in [0.25, 0.3) is 0 Å². The maximum Gasteiger partial charge on any atom is 0.335 e. The molecule has 1 heterocycles. The first-order valence-electron chi connectivity index (χ1n) is 27.6. The van der Waals surface area contributed by atoms with Crippen molar-refractivity contribution >= 4 is 23.9 Å². The molecule has 0 bridgehead atoms. The Hall–Kier alpha value is -3.32. The van der Waals surface area contributed by atoms with Crippen molar-refractivity contribution in [3.63, 3.8) is 0 Å². The van der Waals surface area contributed by atoms with Crippen molar-refractivity contribution in [3.8, 4) is 0 Å². The number of carbonyl (C=O) groups is 4. The van der Waals surface area contributed by atoms with E-state index in [1.807, 2.05) is 0 Å². The van der Waals surface area contributed by atoms with E-state index in [4.69, 9.17) is 23.7 Å². The molecule has 0 radical (unpaired) electrons. The molecule has 12 nitrogen and oxygen atoms in total. The molecule has 6 unspecified atom stereocenters. The van der Waals surface area contributed by atoms with Gasteiger partial charge in [0.1, 0.15) is 18.8 Å². The predicted molar refractivity (Wildman–Crippen MR) is 276 cm³/mol. The molecular weight excluding hydrogens is 877 g/mol. The highest BCUT2D eigenvalue weighted by atomic mass is 16.7. The topological polar surface area (TPSA) is 175 Å². The van der Waals surface area contributed by atoms with E-state index in [0.29, 0.717) is 19.3 Å². The first-order chi connectivity index (χ1) is 33.6. The van der Waals surface area contributed by atoms with Crippen LogP contribution in [0.15, 0.2) is 48.6 Å². The standard InChI is InChI=1S/C57H98O12/c1-4-7-10-13-16-19-21-23-24-25-26-28-29-32-34-37-40-43-49(58)65-46-48(67-50(59)44-41-38-36-33-30-27-22-20-17-14-11-8-5-2)47-66-57-55(53(62)52(61)54(69-57)56(63)64)68-51(60)45-42-39-35-31-18-15-12-9-6-3/h11,14,16,19-20,22-24,48,52-55,57,61-62H,4-10,12-13,15,17-18,21,25-47H2,1-3H3,(H,63,64)/b14-11-,19-16-,22-20-,24-23-. The number of hydrogen-bond acceptors (Lipinski definition) is 11.